The molecule has 0 fully saturated rings. The fourth-order valence-corrected chi connectivity index (χ4v) is 2.25. The lowest BCUT2D eigenvalue weighted by atomic mass is 10.1. The van der Waals surface area contributed by atoms with Crippen LogP contribution >= 0.6 is 0 Å². The van der Waals surface area contributed by atoms with Crippen LogP contribution in [-0.4, -0.2) is 24.5 Å². The minimum Gasteiger partial charge on any atom is -0.496 e. The quantitative estimate of drug-likeness (QED) is 0.482. The average Bonchev–Trinajstić information content (AvgIpc) is 2.60. The molecule has 0 spiro atoms. The van der Waals surface area contributed by atoms with Gasteiger partial charge in [-0.2, -0.15) is 0 Å². The van der Waals surface area contributed by atoms with E-state index in [-0.39, 0.29) is 11.6 Å². The van der Waals surface area contributed by atoms with Crippen LogP contribution in [0.1, 0.15) is 11.1 Å². The van der Waals surface area contributed by atoms with Crippen LogP contribution in [0.15, 0.2) is 54.6 Å². The van der Waals surface area contributed by atoms with Crippen molar-refractivity contribution in [3.8, 4) is 5.75 Å². The van der Waals surface area contributed by atoms with Crippen LogP contribution in [0.2, 0.25) is 0 Å². The van der Waals surface area contributed by atoms with Crippen molar-refractivity contribution in [2.45, 2.75) is 6.42 Å². The van der Waals surface area contributed by atoms with E-state index in [0.29, 0.717) is 18.5 Å². The normalized spacial score (nSPS) is 10.5. The Bertz CT molecular complexity index is 756. The van der Waals surface area contributed by atoms with Gasteiger partial charge in [0.2, 0.25) is 5.91 Å². The summed E-state index contributed by atoms with van der Waals surface area (Å²) in [6, 6.07) is 13.9. The van der Waals surface area contributed by atoms with Crippen molar-refractivity contribution in [1.29, 1.82) is 0 Å². The zero-order valence-electron chi connectivity index (χ0n) is 13.3. The predicted molar refractivity (Wildman–Crippen MR) is 91.8 cm³/mol. The number of benzene rings is 2. The molecule has 0 aliphatic carbocycles. The van der Waals surface area contributed by atoms with Gasteiger partial charge in [-0.05, 0) is 30.2 Å². The molecule has 0 bridgehead atoms. The first-order valence-electron chi connectivity index (χ1n) is 7.43. The number of ether oxygens (including phenoxy) is 1. The fourth-order valence-electron chi connectivity index (χ4n) is 2.25. The third kappa shape index (κ3) is 4.67. The molecule has 1 amide bonds. The van der Waals surface area contributed by atoms with E-state index in [4.69, 9.17) is 4.74 Å². The molecule has 6 nitrogen and oxygen atoms in total. The number of carbonyl (C=O) groups excluding carboxylic acids is 1. The molecule has 2 aromatic rings. The Kier molecular flexibility index (Phi) is 6.08. The Morgan fingerprint density at radius 1 is 1.21 bits per heavy atom. The summed E-state index contributed by atoms with van der Waals surface area (Å²) in [5.41, 5.74) is 1.36. The molecule has 1 N–H and O–H groups in total. The van der Waals surface area contributed by atoms with Gasteiger partial charge in [-0.1, -0.05) is 30.3 Å². The second-order valence-electron chi connectivity index (χ2n) is 5.00. The van der Waals surface area contributed by atoms with Gasteiger partial charge >= 0.3 is 0 Å². The van der Waals surface area contributed by atoms with E-state index in [2.05, 4.69) is 5.32 Å². The lowest BCUT2D eigenvalue weighted by Crippen LogP contribution is -2.23. The standard InChI is InChI=1S/C18H18N2O4/c1-24-17-9-5-3-7-15(17)12-13-19-18(21)11-10-14-6-2-4-8-16(14)20(22)23/h2-11H,12-13H2,1H3,(H,19,21)/b11-10+. The van der Waals surface area contributed by atoms with E-state index in [9.17, 15) is 14.9 Å². The van der Waals surface area contributed by atoms with Gasteiger partial charge in [-0.15, -0.1) is 0 Å². The number of nitro groups is 1. The van der Waals surface area contributed by atoms with Gasteiger partial charge in [0.1, 0.15) is 5.75 Å². The Hall–Kier alpha value is -3.15. The topological polar surface area (TPSA) is 81.5 Å². The molecule has 2 aromatic carbocycles. The molecule has 0 radical (unpaired) electrons. The van der Waals surface area contributed by atoms with Gasteiger partial charge in [-0.25, -0.2) is 0 Å². The smallest absolute Gasteiger partial charge is 0.276 e. The molecule has 0 heterocycles. The van der Waals surface area contributed by atoms with Gasteiger partial charge in [0.15, 0.2) is 0 Å². The van der Waals surface area contributed by atoms with Crippen molar-refractivity contribution in [2.75, 3.05) is 13.7 Å². The predicted octanol–water partition coefficient (Wildman–Crippen LogP) is 2.98. The zero-order chi connectivity index (χ0) is 17.4. The van der Waals surface area contributed by atoms with Crippen LogP contribution in [0, 0.1) is 10.1 Å². The average molecular weight is 326 g/mol. The summed E-state index contributed by atoms with van der Waals surface area (Å²) in [6.07, 6.45) is 3.37. The summed E-state index contributed by atoms with van der Waals surface area (Å²) >= 11 is 0. The summed E-state index contributed by atoms with van der Waals surface area (Å²) < 4.78 is 5.25. The minimum atomic E-state index is -0.473. The molecule has 6 heteroatoms. The lowest BCUT2D eigenvalue weighted by Gasteiger charge is -2.08. The molecule has 124 valence electrons. The third-order valence-corrected chi connectivity index (χ3v) is 3.43. The zero-order valence-corrected chi connectivity index (χ0v) is 13.3. The number of hydrogen-bond donors (Lipinski definition) is 1. The summed E-state index contributed by atoms with van der Waals surface area (Å²) in [6.45, 7) is 0.445. The number of methoxy groups -OCH3 is 1. The number of amides is 1. The van der Waals surface area contributed by atoms with Crippen molar-refractivity contribution < 1.29 is 14.5 Å². The van der Waals surface area contributed by atoms with Gasteiger partial charge in [0.05, 0.1) is 17.6 Å². The van der Waals surface area contributed by atoms with Gasteiger partial charge in [-0.3, -0.25) is 14.9 Å². The number of nitrogens with one attached hydrogen (secondary N) is 1. The summed E-state index contributed by atoms with van der Waals surface area (Å²) in [5.74, 6) is 0.477. The first-order valence-corrected chi connectivity index (χ1v) is 7.43. The van der Waals surface area contributed by atoms with Crippen LogP contribution in [0.25, 0.3) is 6.08 Å². The van der Waals surface area contributed by atoms with E-state index < -0.39 is 4.92 Å². The van der Waals surface area contributed by atoms with Crippen molar-refractivity contribution >= 4 is 17.7 Å². The maximum absolute atomic E-state index is 11.8. The maximum Gasteiger partial charge on any atom is 0.276 e. The molecule has 0 unspecified atom stereocenters. The largest absolute Gasteiger partial charge is 0.496 e. The molecular formula is C18H18N2O4. The van der Waals surface area contributed by atoms with Crippen molar-refractivity contribution in [1.82, 2.24) is 5.32 Å². The van der Waals surface area contributed by atoms with Crippen LogP contribution < -0.4 is 10.1 Å². The first-order chi connectivity index (χ1) is 11.6. The Balaban J connectivity index is 1.91. The Morgan fingerprint density at radius 3 is 2.67 bits per heavy atom. The van der Waals surface area contributed by atoms with Gasteiger partial charge in [0, 0.05) is 18.7 Å². The second kappa shape index (κ2) is 8.47. The molecule has 0 aromatic heterocycles. The monoisotopic (exact) mass is 326 g/mol. The summed E-state index contributed by atoms with van der Waals surface area (Å²) in [7, 11) is 1.60. The highest BCUT2D eigenvalue weighted by Crippen LogP contribution is 2.19. The second-order valence-corrected chi connectivity index (χ2v) is 5.00. The summed E-state index contributed by atoms with van der Waals surface area (Å²) in [5, 5.41) is 13.7. The van der Waals surface area contributed by atoms with E-state index in [1.807, 2.05) is 24.3 Å². The molecular weight excluding hydrogens is 308 g/mol. The maximum atomic E-state index is 11.8. The van der Waals surface area contributed by atoms with Crippen molar-refractivity contribution in [2.24, 2.45) is 0 Å². The van der Waals surface area contributed by atoms with E-state index in [1.54, 1.807) is 25.3 Å². The highest BCUT2D eigenvalue weighted by atomic mass is 16.6. The highest BCUT2D eigenvalue weighted by molar-refractivity contribution is 5.92. The first kappa shape index (κ1) is 17.2. The van der Waals surface area contributed by atoms with Crippen molar-refractivity contribution in [3.63, 3.8) is 0 Å². The van der Waals surface area contributed by atoms with E-state index in [0.717, 1.165) is 11.3 Å². The molecule has 0 saturated carbocycles. The number of rotatable bonds is 7. The molecule has 2 rings (SSSR count). The Morgan fingerprint density at radius 2 is 1.92 bits per heavy atom. The van der Waals surface area contributed by atoms with Crippen molar-refractivity contribution in [3.05, 3.63) is 75.8 Å². The number of nitrogens with zero attached hydrogens (tertiary/aromatic N) is 1. The lowest BCUT2D eigenvalue weighted by molar-refractivity contribution is -0.385. The van der Waals surface area contributed by atoms with Crippen LogP contribution in [-0.2, 0) is 11.2 Å². The van der Waals surface area contributed by atoms with Crippen LogP contribution in [0.5, 0.6) is 5.75 Å². The summed E-state index contributed by atoms with van der Waals surface area (Å²) in [4.78, 5) is 22.3. The fraction of sp³-hybridized carbons (Fsp3) is 0.167. The SMILES string of the molecule is COc1ccccc1CCNC(=O)/C=C/c1ccccc1[N+](=O)[O-]. The minimum absolute atomic E-state index is 0.0319. The van der Waals surface area contributed by atoms with Gasteiger partial charge < -0.3 is 10.1 Å². The number of para-hydroxylation sites is 2. The number of carbonyl (C=O) groups is 1. The molecule has 0 atom stereocenters. The highest BCUT2D eigenvalue weighted by Gasteiger charge is 2.09. The molecule has 0 saturated heterocycles. The molecule has 24 heavy (non-hydrogen) atoms. The van der Waals surface area contributed by atoms with Gasteiger partial charge in [0.25, 0.3) is 5.69 Å². The third-order valence-electron chi connectivity index (χ3n) is 3.43. The number of hydrogen-bond acceptors (Lipinski definition) is 4. The number of nitro benzene ring substituents is 1. The van der Waals surface area contributed by atoms with Crippen LogP contribution in [0.4, 0.5) is 5.69 Å². The molecule has 0 aliphatic heterocycles. The van der Waals surface area contributed by atoms with E-state index >= 15 is 0 Å². The van der Waals surface area contributed by atoms with E-state index in [1.165, 1.54) is 18.2 Å². The van der Waals surface area contributed by atoms with Crippen LogP contribution in [0.3, 0.4) is 0 Å². The Labute approximate surface area is 139 Å². The molecule has 0 aliphatic rings.